The van der Waals surface area contributed by atoms with Crippen molar-refractivity contribution in [3.05, 3.63) is 35.1 Å². The van der Waals surface area contributed by atoms with Crippen LogP contribution >= 0.6 is 0 Å². The molecule has 1 fully saturated rings. The van der Waals surface area contributed by atoms with E-state index in [2.05, 4.69) is 5.32 Å². The second-order valence-electron chi connectivity index (χ2n) is 6.80. The van der Waals surface area contributed by atoms with Crippen LogP contribution in [0.3, 0.4) is 0 Å². The Morgan fingerprint density at radius 2 is 1.88 bits per heavy atom. The normalized spacial score (nSPS) is 17.5. The van der Waals surface area contributed by atoms with E-state index < -0.39 is 17.8 Å². The third-order valence-corrected chi connectivity index (χ3v) is 4.27. The summed E-state index contributed by atoms with van der Waals surface area (Å²) < 4.78 is 14.2. The molecule has 1 saturated heterocycles. The minimum atomic E-state index is -1.06. The molecule has 0 aromatic heterocycles. The van der Waals surface area contributed by atoms with Crippen LogP contribution in [0, 0.1) is 12.7 Å². The summed E-state index contributed by atoms with van der Waals surface area (Å²) in [4.78, 5) is 27.3. The standard InChI is InChI=1S/C18H26FN3O3/c1-12(2)20-16(23)11-21-6-8-22(9-7-21)17(18(24)25)14-5-4-13(3)10-15(14)19/h4-5,10,12,17H,6-9,11H2,1-3H3,(H,20,23)(H,24,25)/t17-/m0/s1. The molecular formula is C18H26FN3O3. The zero-order valence-corrected chi connectivity index (χ0v) is 15.0. The van der Waals surface area contributed by atoms with Gasteiger partial charge in [0.05, 0.1) is 6.54 Å². The van der Waals surface area contributed by atoms with Crippen LogP contribution in [0.2, 0.25) is 0 Å². The number of hydrogen-bond donors (Lipinski definition) is 2. The predicted octanol–water partition coefficient (Wildman–Crippen LogP) is 1.40. The molecular weight excluding hydrogens is 325 g/mol. The van der Waals surface area contributed by atoms with E-state index in [9.17, 15) is 19.1 Å². The zero-order valence-electron chi connectivity index (χ0n) is 15.0. The van der Waals surface area contributed by atoms with Gasteiger partial charge in [0.2, 0.25) is 5.91 Å². The highest BCUT2D eigenvalue weighted by atomic mass is 19.1. The summed E-state index contributed by atoms with van der Waals surface area (Å²) in [5.41, 5.74) is 0.940. The fourth-order valence-corrected chi connectivity index (χ4v) is 3.09. The Kier molecular flexibility index (Phi) is 6.50. The molecule has 1 aliphatic heterocycles. The lowest BCUT2D eigenvalue weighted by Crippen LogP contribution is -2.52. The molecule has 1 aromatic carbocycles. The average Bonchev–Trinajstić information content (AvgIpc) is 2.50. The Morgan fingerprint density at radius 3 is 2.40 bits per heavy atom. The Hall–Kier alpha value is -1.99. The number of amides is 1. The number of benzene rings is 1. The number of carboxylic acids is 1. The van der Waals surface area contributed by atoms with E-state index in [1.807, 2.05) is 18.7 Å². The van der Waals surface area contributed by atoms with Gasteiger partial charge in [0.25, 0.3) is 0 Å². The third kappa shape index (κ3) is 5.24. The first-order chi connectivity index (χ1) is 11.8. The van der Waals surface area contributed by atoms with Gasteiger partial charge in [-0.2, -0.15) is 0 Å². The highest BCUT2D eigenvalue weighted by Gasteiger charge is 2.32. The topological polar surface area (TPSA) is 72.9 Å². The summed E-state index contributed by atoms with van der Waals surface area (Å²) in [5.74, 6) is -1.59. The lowest BCUT2D eigenvalue weighted by Gasteiger charge is -2.37. The van der Waals surface area contributed by atoms with Crippen LogP contribution in [0.5, 0.6) is 0 Å². The molecule has 0 unspecified atom stereocenters. The molecule has 0 saturated carbocycles. The fourth-order valence-electron chi connectivity index (χ4n) is 3.09. The summed E-state index contributed by atoms with van der Waals surface area (Å²) in [6.45, 7) is 7.96. The number of carbonyl (C=O) groups excluding carboxylic acids is 1. The summed E-state index contributed by atoms with van der Waals surface area (Å²) in [6.07, 6.45) is 0. The molecule has 2 N–H and O–H groups in total. The fraction of sp³-hybridized carbons (Fsp3) is 0.556. The second-order valence-corrected chi connectivity index (χ2v) is 6.80. The summed E-state index contributed by atoms with van der Waals surface area (Å²) in [7, 11) is 0. The van der Waals surface area contributed by atoms with E-state index in [1.165, 1.54) is 6.07 Å². The van der Waals surface area contributed by atoms with Gasteiger partial charge in [-0.1, -0.05) is 12.1 Å². The van der Waals surface area contributed by atoms with E-state index in [4.69, 9.17) is 0 Å². The summed E-state index contributed by atoms with van der Waals surface area (Å²) in [6, 6.07) is 3.71. The number of halogens is 1. The van der Waals surface area contributed by atoms with Crippen molar-refractivity contribution < 1.29 is 19.1 Å². The molecule has 25 heavy (non-hydrogen) atoms. The number of carboxylic acid groups (broad SMARTS) is 1. The number of nitrogens with zero attached hydrogens (tertiary/aromatic N) is 2. The Morgan fingerprint density at radius 1 is 1.24 bits per heavy atom. The Balaban J connectivity index is 2.01. The van der Waals surface area contributed by atoms with Crippen LogP contribution in [0.1, 0.15) is 31.0 Å². The maximum atomic E-state index is 14.2. The number of aliphatic carboxylic acids is 1. The number of aryl methyl sites for hydroxylation is 1. The van der Waals surface area contributed by atoms with Crippen molar-refractivity contribution in [3.8, 4) is 0 Å². The van der Waals surface area contributed by atoms with Gasteiger partial charge in [0.15, 0.2) is 0 Å². The van der Waals surface area contributed by atoms with E-state index in [1.54, 1.807) is 24.0 Å². The highest BCUT2D eigenvalue weighted by molar-refractivity contribution is 5.78. The zero-order chi connectivity index (χ0) is 18.6. The Labute approximate surface area is 147 Å². The maximum absolute atomic E-state index is 14.2. The molecule has 0 radical (unpaired) electrons. The quantitative estimate of drug-likeness (QED) is 0.811. The van der Waals surface area contributed by atoms with Crippen molar-refractivity contribution in [1.29, 1.82) is 0 Å². The van der Waals surface area contributed by atoms with Crippen molar-refractivity contribution in [3.63, 3.8) is 0 Å². The maximum Gasteiger partial charge on any atom is 0.325 e. The summed E-state index contributed by atoms with van der Waals surface area (Å²) >= 11 is 0. The first-order valence-corrected chi connectivity index (χ1v) is 8.52. The third-order valence-electron chi connectivity index (χ3n) is 4.27. The molecule has 1 amide bonds. The van der Waals surface area contributed by atoms with Gasteiger partial charge in [-0.15, -0.1) is 0 Å². The van der Waals surface area contributed by atoms with E-state index >= 15 is 0 Å². The SMILES string of the molecule is Cc1ccc([C@@H](C(=O)O)N2CCN(CC(=O)NC(C)C)CC2)c(F)c1. The van der Waals surface area contributed by atoms with E-state index in [0.29, 0.717) is 32.7 Å². The number of nitrogens with one attached hydrogen (secondary N) is 1. The number of rotatable bonds is 6. The average molecular weight is 351 g/mol. The molecule has 1 aromatic rings. The van der Waals surface area contributed by atoms with E-state index in [-0.39, 0.29) is 17.5 Å². The minimum Gasteiger partial charge on any atom is -0.480 e. The molecule has 0 spiro atoms. The molecule has 138 valence electrons. The summed E-state index contributed by atoms with van der Waals surface area (Å²) in [5, 5.41) is 12.4. The Bertz CT molecular complexity index is 628. The first kappa shape index (κ1) is 19.3. The van der Waals surface area contributed by atoms with Crippen molar-refractivity contribution in [2.75, 3.05) is 32.7 Å². The second kappa shape index (κ2) is 8.40. The van der Waals surface area contributed by atoms with Gasteiger partial charge in [0, 0.05) is 37.8 Å². The number of carbonyl (C=O) groups is 2. The first-order valence-electron chi connectivity index (χ1n) is 8.52. The van der Waals surface area contributed by atoms with Gasteiger partial charge >= 0.3 is 5.97 Å². The molecule has 1 atom stereocenters. The van der Waals surface area contributed by atoms with Crippen molar-refractivity contribution in [2.45, 2.75) is 32.9 Å². The highest BCUT2D eigenvalue weighted by Crippen LogP contribution is 2.25. The number of piperazine rings is 1. The monoisotopic (exact) mass is 351 g/mol. The smallest absolute Gasteiger partial charge is 0.325 e. The lowest BCUT2D eigenvalue weighted by atomic mass is 10.0. The van der Waals surface area contributed by atoms with Gasteiger partial charge in [-0.25, -0.2) is 4.39 Å². The van der Waals surface area contributed by atoms with E-state index in [0.717, 1.165) is 5.56 Å². The van der Waals surface area contributed by atoms with Crippen molar-refractivity contribution >= 4 is 11.9 Å². The van der Waals surface area contributed by atoms with Crippen LogP contribution in [-0.2, 0) is 9.59 Å². The van der Waals surface area contributed by atoms with Gasteiger partial charge < -0.3 is 10.4 Å². The number of hydrogen-bond acceptors (Lipinski definition) is 4. The van der Waals surface area contributed by atoms with Crippen molar-refractivity contribution in [1.82, 2.24) is 15.1 Å². The van der Waals surface area contributed by atoms with Crippen LogP contribution in [0.25, 0.3) is 0 Å². The minimum absolute atomic E-state index is 0.0391. The molecule has 1 aliphatic rings. The molecule has 6 nitrogen and oxygen atoms in total. The predicted molar refractivity (Wildman–Crippen MR) is 92.8 cm³/mol. The van der Waals surface area contributed by atoms with Crippen LogP contribution in [0.4, 0.5) is 4.39 Å². The van der Waals surface area contributed by atoms with Crippen LogP contribution < -0.4 is 5.32 Å². The molecule has 0 aliphatic carbocycles. The molecule has 0 bridgehead atoms. The molecule has 2 rings (SSSR count). The van der Waals surface area contributed by atoms with Gasteiger partial charge in [0.1, 0.15) is 11.9 Å². The molecule has 1 heterocycles. The largest absolute Gasteiger partial charge is 0.480 e. The van der Waals surface area contributed by atoms with Crippen LogP contribution in [-0.4, -0.2) is 65.5 Å². The molecule has 7 heteroatoms. The van der Waals surface area contributed by atoms with Gasteiger partial charge in [-0.3, -0.25) is 19.4 Å². The lowest BCUT2D eigenvalue weighted by molar-refractivity contribution is -0.144. The van der Waals surface area contributed by atoms with Crippen molar-refractivity contribution in [2.24, 2.45) is 0 Å². The van der Waals surface area contributed by atoms with Crippen LogP contribution in [0.15, 0.2) is 18.2 Å². The van der Waals surface area contributed by atoms with Gasteiger partial charge in [-0.05, 0) is 32.4 Å².